The molecule has 5 heteroatoms. The number of hydrogen-bond donors (Lipinski definition) is 0. The Kier molecular flexibility index (Phi) is 9.49. The van der Waals surface area contributed by atoms with Gasteiger partial charge in [0.05, 0.1) is 0 Å². The first-order valence-corrected chi connectivity index (χ1v) is 15.0. The Labute approximate surface area is 228 Å². The topological polar surface area (TPSA) is 21.7 Å². The summed E-state index contributed by atoms with van der Waals surface area (Å²) in [5, 5.41) is 2.37. The molecule has 200 valence electrons. The number of benzene rings is 2. The molecule has 0 amide bonds. The van der Waals surface area contributed by atoms with Crippen LogP contribution in [0.1, 0.15) is 43.2 Å². The molecule has 1 heterocycles. The van der Waals surface area contributed by atoms with E-state index in [1.54, 1.807) is 19.2 Å². The van der Waals surface area contributed by atoms with Gasteiger partial charge in [0.25, 0.3) is 0 Å². The van der Waals surface area contributed by atoms with Gasteiger partial charge >= 0.3 is 0 Å². The van der Waals surface area contributed by atoms with E-state index in [0.717, 1.165) is 63.1 Å². The summed E-state index contributed by atoms with van der Waals surface area (Å²) in [5.41, 5.74) is 3.62. The smallest absolute Gasteiger partial charge is 0.188 e. The Morgan fingerprint density at radius 2 is 1.61 bits per heavy atom. The molecule has 3 unspecified atom stereocenters. The molecule has 2 aromatic carbocycles. The minimum Gasteiger partial charge on any atom is -0.467 e. The van der Waals surface area contributed by atoms with Crippen LogP contribution in [-0.2, 0) is 17.6 Å². The summed E-state index contributed by atoms with van der Waals surface area (Å²) in [6.45, 7) is 2.19. The van der Waals surface area contributed by atoms with E-state index in [4.69, 9.17) is 9.47 Å². The van der Waals surface area contributed by atoms with Gasteiger partial charge in [0.15, 0.2) is 6.79 Å². The van der Waals surface area contributed by atoms with Gasteiger partial charge < -0.3 is 14.4 Å². The van der Waals surface area contributed by atoms with E-state index in [0.29, 0.717) is 20.4 Å². The van der Waals surface area contributed by atoms with Crippen molar-refractivity contribution >= 4 is 24.9 Å². The molecule has 3 atom stereocenters. The number of halogens is 1. The highest BCUT2D eigenvalue weighted by Crippen LogP contribution is 2.33. The highest BCUT2D eigenvalue weighted by Gasteiger charge is 2.21. The third-order valence-corrected chi connectivity index (χ3v) is 8.92. The number of hydrogen-bond acceptors (Lipinski definition) is 3. The first-order chi connectivity index (χ1) is 18.7. The summed E-state index contributed by atoms with van der Waals surface area (Å²) in [5.74, 6) is 1.72. The average molecular weight is 532 g/mol. The van der Waals surface area contributed by atoms with Crippen LogP contribution >= 0.6 is 8.58 Å². The van der Waals surface area contributed by atoms with Crippen LogP contribution in [0.4, 0.5) is 10.1 Å². The third kappa shape index (κ3) is 7.04. The first kappa shape index (κ1) is 26.9. The van der Waals surface area contributed by atoms with Crippen LogP contribution in [0.25, 0.3) is 0 Å². The summed E-state index contributed by atoms with van der Waals surface area (Å²) >= 11 is 0. The molecule has 2 aliphatic carbocycles. The lowest BCUT2D eigenvalue weighted by molar-refractivity contribution is 0.0511. The van der Waals surface area contributed by atoms with Crippen LogP contribution < -0.4 is 20.2 Å². The van der Waals surface area contributed by atoms with Gasteiger partial charge in [-0.1, -0.05) is 63.3 Å². The summed E-state index contributed by atoms with van der Waals surface area (Å²) in [6.07, 6.45) is 25.3. The molecule has 5 rings (SSSR count). The predicted octanol–water partition coefficient (Wildman–Crippen LogP) is 6.78. The van der Waals surface area contributed by atoms with Gasteiger partial charge in [-0.3, -0.25) is 0 Å². The minimum atomic E-state index is -0.168. The molecule has 1 aliphatic heterocycles. The van der Waals surface area contributed by atoms with E-state index in [1.807, 2.05) is 6.07 Å². The summed E-state index contributed by atoms with van der Waals surface area (Å²) in [7, 11) is 2.04. The molecule has 0 bridgehead atoms. The van der Waals surface area contributed by atoms with Crippen molar-refractivity contribution in [1.82, 2.24) is 0 Å². The van der Waals surface area contributed by atoms with Crippen LogP contribution in [0.15, 0.2) is 78.9 Å². The number of piperidine rings is 1. The Balaban J connectivity index is 1.53. The molecule has 0 aromatic heterocycles. The summed E-state index contributed by atoms with van der Waals surface area (Å²) in [6, 6.07) is 10.0. The third-order valence-electron chi connectivity index (χ3n) is 7.59. The largest absolute Gasteiger partial charge is 0.467 e. The maximum absolute atomic E-state index is 14.4. The minimum absolute atomic E-state index is 0.168. The maximum Gasteiger partial charge on any atom is 0.188 e. The Morgan fingerprint density at radius 3 is 2.29 bits per heavy atom. The molecule has 1 fully saturated rings. The fraction of sp³-hybridized carbons (Fsp3) is 0.394. The van der Waals surface area contributed by atoms with Crippen molar-refractivity contribution in [3.63, 3.8) is 0 Å². The van der Waals surface area contributed by atoms with Crippen molar-refractivity contribution in [1.29, 1.82) is 0 Å². The van der Waals surface area contributed by atoms with Crippen LogP contribution in [-0.4, -0.2) is 27.0 Å². The van der Waals surface area contributed by atoms with Crippen LogP contribution in [0.3, 0.4) is 0 Å². The summed E-state index contributed by atoms with van der Waals surface area (Å²) < 4.78 is 26.1. The number of anilines is 1. The van der Waals surface area contributed by atoms with Gasteiger partial charge in [-0.25, -0.2) is 4.39 Å². The zero-order chi connectivity index (χ0) is 26.2. The van der Waals surface area contributed by atoms with E-state index in [9.17, 15) is 4.39 Å². The van der Waals surface area contributed by atoms with Crippen molar-refractivity contribution < 1.29 is 13.9 Å². The number of rotatable bonds is 10. The van der Waals surface area contributed by atoms with E-state index >= 15 is 0 Å². The standard InChI is InChI=1S/C33H39FNO2P/c1-36-24-37-33-28(20-26-13-7-3-8-14-26)21-27(19-25-11-5-2-6-12-25)22-32(33)38-31-16-15-29(34)23-30(31)35-17-9-4-10-18-35/h2-3,5-8,11,13,15-16,21-23,25-26,38H,4,9-10,12,14,17-20,24H2,1H3. The van der Waals surface area contributed by atoms with Gasteiger partial charge in [0.1, 0.15) is 11.6 Å². The number of allylic oxidation sites excluding steroid dienone is 8. The van der Waals surface area contributed by atoms with Crippen molar-refractivity contribution in [3.05, 3.63) is 95.9 Å². The van der Waals surface area contributed by atoms with Crippen molar-refractivity contribution in [3.8, 4) is 5.75 Å². The van der Waals surface area contributed by atoms with Crippen molar-refractivity contribution in [2.24, 2.45) is 11.8 Å². The monoisotopic (exact) mass is 531 g/mol. The second-order valence-corrected chi connectivity index (χ2v) is 11.9. The van der Waals surface area contributed by atoms with Crippen LogP contribution in [0.2, 0.25) is 0 Å². The Hall–Kier alpha value is -2.68. The molecule has 3 nitrogen and oxygen atoms in total. The molecule has 0 N–H and O–H groups in total. The highest BCUT2D eigenvalue weighted by molar-refractivity contribution is 7.56. The molecule has 0 saturated carbocycles. The van der Waals surface area contributed by atoms with Crippen molar-refractivity contribution in [2.45, 2.75) is 44.9 Å². The van der Waals surface area contributed by atoms with Gasteiger partial charge in [-0.15, -0.1) is 0 Å². The molecule has 38 heavy (non-hydrogen) atoms. The average Bonchev–Trinajstić information content (AvgIpc) is 2.95. The zero-order valence-corrected chi connectivity index (χ0v) is 23.4. The van der Waals surface area contributed by atoms with E-state index in [2.05, 4.69) is 65.6 Å². The van der Waals surface area contributed by atoms with Crippen LogP contribution in [0.5, 0.6) is 5.75 Å². The molecule has 1 saturated heterocycles. The van der Waals surface area contributed by atoms with E-state index in [-0.39, 0.29) is 12.6 Å². The second-order valence-electron chi connectivity index (χ2n) is 10.5. The molecule has 0 radical (unpaired) electrons. The predicted molar refractivity (Wildman–Crippen MR) is 159 cm³/mol. The fourth-order valence-electron chi connectivity index (χ4n) is 5.71. The lowest BCUT2D eigenvalue weighted by Gasteiger charge is -2.31. The highest BCUT2D eigenvalue weighted by atomic mass is 31.1. The first-order valence-electron chi connectivity index (χ1n) is 14.0. The zero-order valence-electron chi connectivity index (χ0n) is 22.4. The van der Waals surface area contributed by atoms with Gasteiger partial charge in [0.2, 0.25) is 0 Å². The lowest BCUT2D eigenvalue weighted by Crippen LogP contribution is -2.32. The number of methoxy groups -OCH3 is 1. The van der Waals surface area contributed by atoms with Crippen molar-refractivity contribution in [2.75, 3.05) is 31.9 Å². The van der Waals surface area contributed by atoms with E-state index in [1.165, 1.54) is 28.2 Å². The molecule has 0 spiro atoms. The number of nitrogens with zero attached hydrogens (tertiary/aromatic N) is 1. The molecular formula is C33H39FNO2P. The van der Waals surface area contributed by atoms with Gasteiger partial charge in [0, 0.05) is 36.5 Å². The molecular weight excluding hydrogens is 492 g/mol. The normalized spacial score (nSPS) is 21.1. The van der Waals surface area contributed by atoms with Gasteiger partial charge in [-0.05, 0) is 92.2 Å². The summed E-state index contributed by atoms with van der Waals surface area (Å²) in [4.78, 5) is 2.37. The maximum atomic E-state index is 14.4. The Morgan fingerprint density at radius 1 is 0.868 bits per heavy atom. The Bertz CT molecular complexity index is 1210. The second kappa shape index (κ2) is 13.4. The molecule has 2 aromatic rings. The van der Waals surface area contributed by atoms with Gasteiger partial charge in [-0.2, -0.15) is 0 Å². The fourth-order valence-corrected chi connectivity index (χ4v) is 7.13. The lowest BCUT2D eigenvalue weighted by atomic mass is 9.89. The number of ether oxygens (including phenoxy) is 2. The van der Waals surface area contributed by atoms with Crippen LogP contribution in [0, 0.1) is 17.7 Å². The SMILES string of the molecule is COCOc1c(CC2C=CC=CC2)cc(CC2C=CC=CC2)cc1Pc1ccc(F)cc1N1CCCCC1. The van der Waals surface area contributed by atoms with E-state index < -0.39 is 0 Å². The quantitative estimate of drug-likeness (QED) is 0.249. The molecule has 3 aliphatic rings.